The van der Waals surface area contributed by atoms with Gasteiger partial charge in [-0.15, -0.1) is 5.11 Å². The predicted molar refractivity (Wildman–Crippen MR) is 106 cm³/mol. The number of aromatic hydroxyl groups is 1. The SMILES string of the molecule is CC1CCN(S(=O)(=O)c2ccc(N=Nc3cc(Cl)cc(Cl)c3O)cc2)CC1. The minimum absolute atomic E-state index is 0.0775. The van der Waals surface area contributed by atoms with Crippen LogP contribution < -0.4 is 0 Å². The minimum atomic E-state index is -3.50. The minimum Gasteiger partial charge on any atom is -0.504 e. The van der Waals surface area contributed by atoms with Crippen LogP contribution in [0.25, 0.3) is 0 Å². The number of hydrogen-bond acceptors (Lipinski definition) is 5. The molecule has 1 aliphatic rings. The highest BCUT2D eigenvalue weighted by molar-refractivity contribution is 7.89. The summed E-state index contributed by atoms with van der Waals surface area (Å²) in [6, 6.07) is 8.97. The van der Waals surface area contributed by atoms with Crippen molar-refractivity contribution in [1.82, 2.24) is 4.31 Å². The molecule has 1 fully saturated rings. The molecule has 3 rings (SSSR count). The van der Waals surface area contributed by atoms with Crippen molar-refractivity contribution in [2.45, 2.75) is 24.7 Å². The number of phenols is 1. The second-order valence-corrected chi connectivity index (χ2v) is 9.32. The van der Waals surface area contributed by atoms with Crippen LogP contribution in [0, 0.1) is 5.92 Å². The second-order valence-electron chi connectivity index (χ2n) is 6.54. The van der Waals surface area contributed by atoms with Gasteiger partial charge in [0.2, 0.25) is 10.0 Å². The third-order valence-electron chi connectivity index (χ3n) is 4.50. The number of phenolic OH excluding ortho intramolecular Hbond substituents is 1. The quantitative estimate of drug-likeness (QED) is 0.650. The molecule has 1 aliphatic heterocycles. The Morgan fingerprint density at radius 3 is 2.33 bits per heavy atom. The molecule has 0 atom stereocenters. The third-order valence-corrected chi connectivity index (χ3v) is 6.92. The van der Waals surface area contributed by atoms with Crippen molar-refractivity contribution in [1.29, 1.82) is 0 Å². The van der Waals surface area contributed by atoms with Crippen LogP contribution in [-0.2, 0) is 10.0 Å². The normalized spacial score (nSPS) is 16.9. The van der Waals surface area contributed by atoms with Crippen molar-refractivity contribution in [2.24, 2.45) is 16.1 Å². The van der Waals surface area contributed by atoms with Crippen LogP contribution >= 0.6 is 23.2 Å². The van der Waals surface area contributed by atoms with E-state index in [0.29, 0.717) is 29.7 Å². The maximum atomic E-state index is 12.7. The molecule has 27 heavy (non-hydrogen) atoms. The molecule has 1 N–H and O–H groups in total. The van der Waals surface area contributed by atoms with Crippen LogP contribution in [0.5, 0.6) is 5.75 Å². The second kappa shape index (κ2) is 8.14. The van der Waals surface area contributed by atoms with Crippen LogP contribution in [0.2, 0.25) is 10.0 Å². The average molecular weight is 428 g/mol. The van der Waals surface area contributed by atoms with E-state index in [4.69, 9.17) is 23.2 Å². The van der Waals surface area contributed by atoms with Gasteiger partial charge in [0.1, 0.15) is 5.69 Å². The highest BCUT2D eigenvalue weighted by atomic mass is 35.5. The molecule has 0 unspecified atom stereocenters. The molecule has 0 bridgehead atoms. The Labute approximate surface area is 168 Å². The van der Waals surface area contributed by atoms with Gasteiger partial charge in [-0.25, -0.2) is 8.42 Å². The Balaban J connectivity index is 1.78. The summed E-state index contributed by atoms with van der Waals surface area (Å²) in [5, 5.41) is 18.2. The molecule has 1 saturated heterocycles. The molecule has 144 valence electrons. The lowest BCUT2D eigenvalue weighted by molar-refractivity contribution is 0.288. The van der Waals surface area contributed by atoms with E-state index in [1.165, 1.54) is 28.6 Å². The van der Waals surface area contributed by atoms with Crippen LogP contribution in [0.15, 0.2) is 51.5 Å². The van der Waals surface area contributed by atoms with Crippen molar-refractivity contribution in [3.63, 3.8) is 0 Å². The highest BCUT2D eigenvalue weighted by Gasteiger charge is 2.27. The van der Waals surface area contributed by atoms with Gasteiger partial charge in [0.05, 0.1) is 15.6 Å². The largest absolute Gasteiger partial charge is 0.504 e. The lowest BCUT2D eigenvalue weighted by Crippen LogP contribution is -2.37. The van der Waals surface area contributed by atoms with Crippen molar-refractivity contribution in [2.75, 3.05) is 13.1 Å². The van der Waals surface area contributed by atoms with E-state index in [0.717, 1.165) is 12.8 Å². The topological polar surface area (TPSA) is 82.3 Å². The van der Waals surface area contributed by atoms with Gasteiger partial charge in [-0.05, 0) is 55.2 Å². The molecular formula is C18H19Cl2N3O3S. The average Bonchev–Trinajstić information content (AvgIpc) is 2.64. The lowest BCUT2D eigenvalue weighted by atomic mass is 10.0. The first-order valence-corrected chi connectivity index (χ1v) is 10.7. The summed E-state index contributed by atoms with van der Waals surface area (Å²) in [5.41, 5.74) is 0.573. The zero-order valence-corrected chi connectivity index (χ0v) is 17.0. The summed E-state index contributed by atoms with van der Waals surface area (Å²) in [4.78, 5) is 0.227. The van der Waals surface area contributed by atoms with Crippen LogP contribution in [0.1, 0.15) is 19.8 Å². The first-order valence-electron chi connectivity index (χ1n) is 8.47. The van der Waals surface area contributed by atoms with Gasteiger partial charge in [-0.3, -0.25) is 0 Å². The number of halogens is 2. The van der Waals surface area contributed by atoms with E-state index >= 15 is 0 Å². The molecule has 0 aliphatic carbocycles. The molecule has 0 saturated carbocycles. The van der Waals surface area contributed by atoms with Gasteiger partial charge >= 0.3 is 0 Å². The van der Waals surface area contributed by atoms with Crippen LogP contribution in [0.3, 0.4) is 0 Å². The van der Waals surface area contributed by atoms with Crippen molar-refractivity contribution in [3.05, 3.63) is 46.4 Å². The highest BCUT2D eigenvalue weighted by Crippen LogP contribution is 2.37. The zero-order chi connectivity index (χ0) is 19.6. The molecule has 0 radical (unpaired) electrons. The molecule has 0 aromatic heterocycles. The Hall–Kier alpha value is -1.67. The van der Waals surface area contributed by atoms with E-state index in [-0.39, 0.29) is 21.4 Å². The lowest BCUT2D eigenvalue weighted by Gasteiger charge is -2.29. The summed E-state index contributed by atoms with van der Waals surface area (Å²) in [5.74, 6) is 0.332. The maximum absolute atomic E-state index is 12.7. The number of rotatable bonds is 4. The molecule has 2 aromatic carbocycles. The Morgan fingerprint density at radius 2 is 1.70 bits per heavy atom. The van der Waals surface area contributed by atoms with Gasteiger partial charge in [0, 0.05) is 18.1 Å². The van der Waals surface area contributed by atoms with E-state index in [9.17, 15) is 13.5 Å². The first-order chi connectivity index (χ1) is 12.8. The Bertz CT molecular complexity index is 955. The van der Waals surface area contributed by atoms with E-state index < -0.39 is 10.0 Å². The molecule has 9 heteroatoms. The van der Waals surface area contributed by atoms with E-state index in [1.54, 1.807) is 12.1 Å². The Morgan fingerprint density at radius 1 is 1.07 bits per heavy atom. The summed E-state index contributed by atoms with van der Waals surface area (Å²) in [7, 11) is -3.50. The predicted octanol–water partition coefficient (Wildman–Crippen LogP) is 5.54. The standard InChI is InChI=1S/C18H19Cl2N3O3S/c1-12-6-8-23(9-7-12)27(25,26)15-4-2-14(3-5-15)21-22-17-11-13(19)10-16(20)18(17)24/h2-5,10-12,24H,6-9H2,1H3. The van der Waals surface area contributed by atoms with Gasteiger partial charge in [0.25, 0.3) is 0 Å². The molecule has 6 nitrogen and oxygen atoms in total. The summed E-state index contributed by atoms with van der Waals surface area (Å²) in [6.45, 7) is 3.22. The molecule has 2 aromatic rings. The molecule has 0 spiro atoms. The van der Waals surface area contributed by atoms with E-state index in [1.807, 2.05) is 0 Å². The molecule has 1 heterocycles. The Kier molecular flexibility index (Phi) is 6.05. The van der Waals surface area contributed by atoms with Crippen LogP contribution in [0.4, 0.5) is 11.4 Å². The maximum Gasteiger partial charge on any atom is 0.243 e. The fourth-order valence-corrected chi connectivity index (χ4v) is 4.75. The van der Waals surface area contributed by atoms with Crippen molar-refractivity contribution < 1.29 is 13.5 Å². The monoisotopic (exact) mass is 427 g/mol. The number of azo groups is 1. The first kappa shape index (κ1) is 20.1. The molecular weight excluding hydrogens is 409 g/mol. The van der Waals surface area contributed by atoms with Crippen LogP contribution in [-0.4, -0.2) is 30.9 Å². The smallest absolute Gasteiger partial charge is 0.243 e. The van der Waals surface area contributed by atoms with Gasteiger partial charge in [-0.1, -0.05) is 30.1 Å². The van der Waals surface area contributed by atoms with Crippen molar-refractivity contribution >= 4 is 44.6 Å². The fraction of sp³-hybridized carbons (Fsp3) is 0.333. The van der Waals surface area contributed by atoms with E-state index in [2.05, 4.69) is 17.2 Å². The number of sulfonamides is 1. The number of nitrogens with zero attached hydrogens (tertiary/aromatic N) is 3. The summed E-state index contributed by atoms with van der Waals surface area (Å²) >= 11 is 11.7. The third kappa shape index (κ3) is 4.60. The van der Waals surface area contributed by atoms with Gasteiger partial charge in [0.15, 0.2) is 5.75 Å². The zero-order valence-electron chi connectivity index (χ0n) is 14.6. The number of hydrogen-bond donors (Lipinski definition) is 1. The number of benzene rings is 2. The molecule has 0 amide bonds. The summed E-state index contributed by atoms with van der Waals surface area (Å²) < 4.78 is 27.0. The fourth-order valence-electron chi connectivity index (χ4n) is 2.80. The van der Waals surface area contributed by atoms with Crippen molar-refractivity contribution in [3.8, 4) is 5.75 Å². The summed E-state index contributed by atoms with van der Waals surface area (Å²) in [6.07, 6.45) is 1.74. The number of piperidine rings is 1. The van der Waals surface area contributed by atoms with Gasteiger partial charge < -0.3 is 5.11 Å². The van der Waals surface area contributed by atoms with Gasteiger partial charge in [-0.2, -0.15) is 9.42 Å².